The highest BCUT2D eigenvalue weighted by Gasteiger charge is 2.16. The molecular formula is C25H35N3O3. The Morgan fingerprint density at radius 1 is 0.968 bits per heavy atom. The molecule has 168 valence electrons. The number of piperazine rings is 1. The van der Waals surface area contributed by atoms with E-state index < -0.39 is 0 Å². The molecule has 1 amide bonds. The van der Waals surface area contributed by atoms with Gasteiger partial charge in [0.25, 0.3) is 0 Å². The van der Waals surface area contributed by atoms with Crippen molar-refractivity contribution >= 4 is 5.91 Å². The lowest BCUT2D eigenvalue weighted by molar-refractivity contribution is -0.121. The molecule has 0 spiro atoms. The molecular weight excluding hydrogens is 390 g/mol. The highest BCUT2D eigenvalue weighted by Crippen LogP contribution is 2.25. The van der Waals surface area contributed by atoms with Gasteiger partial charge in [-0.3, -0.25) is 9.69 Å². The number of nitrogens with one attached hydrogen (secondary N) is 1. The first-order valence-corrected chi connectivity index (χ1v) is 11.1. The summed E-state index contributed by atoms with van der Waals surface area (Å²) in [5.41, 5.74) is 2.37. The number of nitrogens with zero attached hydrogens (tertiary/aromatic N) is 2. The van der Waals surface area contributed by atoms with Gasteiger partial charge >= 0.3 is 0 Å². The van der Waals surface area contributed by atoms with Crippen LogP contribution >= 0.6 is 0 Å². The third-order valence-corrected chi connectivity index (χ3v) is 5.80. The molecule has 1 N–H and O–H groups in total. The first-order chi connectivity index (χ1) is 15.2. The molecule has 6 nitrogen and oxygen atoms in total. The molecule has 0 aliphatic carbocycles. The Morgan fingerprint density at radius 3 is 2.42 bits per heavy atom. The molecule has 31 heavy (non-hydrogen) atoms. The summed E-state index contributed by atoms with van der Waals surface area (Å²) >= 11 is 0. The number of hydrogen-bond donors (Lipinski definition) is 1. The molecule has 1 heterocycles. The number of rotatable bonds is 11. The molecule has 2 aromatic carbocycles. The first-order valence-electron chi connectivity index (χ1n) is 11.1. The molecule has 0 aromatic heterocycles. The van der Waals surface area contributed by atoms with Crippen LogP contribution in [0.5, 0.6) is 11.5 Å². The second-order valence-corrected chi connectivity index (χ2v) is 7.98. The summed E-state index contributed by atoms with van der Waals surface area (Å²) in [5.74, 6) is 1.65. The van der Waals surface area contributed by atoms with Gasteiger partial charge in [-0.25, -0.2) is 0 Å². The number of ether oxygens (including phenoxy) is 2. The van der Waals surface area contributed by atoms with E-state index in [1.807, 2.05) is 18.2 Å². The van der Waals surface area contributed by atoms with Crippen molar-refractivity contribution in [3.63, 3.8) is 0 Å². The highest BCUT2D eigenvalue weighted by molar-refractivity contribution is 5.76. The van der Waals surface area contributed by atoms with Crippen LogP contribution < -0.4 is 14.8 Å². The van der Waals surface area contributed by atoms with Crippen molar-refractivity contribution in [1.82, 2.24) is 15.1 Å². The van der Waals surface area contributed by atoms with Gasteiger partial charge in [0, 0.05) is 45.7 Å². The van der Waals surface area contributed by atoms with Gasteiger partial charge in [-0.05, 0) is 48.7 Å². The average molecular weight is 426 g/mol. The van der Waals surface area contributed by atoms with Crippen LogP contribution in [0.3, 0.4) is 0 Å². The van der Waals surface area contributed by atoms with Crippen LogP contribution in [-0.2, 0) is 17.8 Å². The van der Waals surface area contributed by atoms with Crippen LogP contribution in [0.4, 0.5) is 0 Å². The molecule has 0 unspecified atom stereocenters. The quantitative estimate of drug-likeness (QED) is 0.561. The van der Waals surface area contributed by atoms with E-state index in [0.29, 0.717) is 12.8 Å². The monoisotopic (exact) mass is 425 g/mol. The van der Waals surface area contributed by atoms with Gasteiger partial charge < -0.3 is 19.7 Å². The summed E-state index contributed by atoms with van der Waals surface area (Å²) in [4.78, 5) is 17.2. The molecule has 0 saturated carbocycles. The van der Waals surface area contributed by atoms with Crippen molar-refractivity contribution in [2.24, 2.45) is 0 Å². The Kier molecular flexibility index (Phi) is 9.18. The fraction of sp³-hybridized carbons (Fsp3) is 0.480. The molecule has 0 atom stereocenters. The van der Waals surface area contributed by atoms with Gasteiger partial charge in [0.2, 0.25) is 5.91 Å². The average Bonchev–Trinajstić information content (AvgIpc) is 2.82. The zero-order valence-corrected chi connectivity index (χ0v) is 18.8. The highest BCUT2D eigenvalue weighted by atomic mass is 16.5. The van der Waals surface area contributed by atoms with Crippen LogP contribution in [0.1, 0.15) is 24.0 Å². The number of aryl methyl sites for hydroxylation is 1. The van der Waals surface area contributed by atoms with Crippen LogP contribution in [-0.4, -0.2) is 69.2 Å². The molecule has 1 aliphatic heterocycles. The molecule has 0 bridgehead atoms. The number of methoxy groups -OCH3 is 2. The van der Waals surface area contributed by atoms with Gasteiger partial charge in [-0.15, -0.1) is 0 Å². The maximum Gasteiger partial charge on any atom is 0.220 e. The number of hydrogen-bond acceptors (Lipinski definition) is 5. The van der Waals surface area contributed by atoms with E-state index in [0.717, 1.165) is 69.3 Å². The fourth-order valence-corrected chi connectivity index (χ4v) is 3.96. The Labute approximate surface area is 186 Å². The van der Waals surface area contributed by atoms with Crippen LogP contribution in [0.15, 0.2) is 48.5 Å². The van der Waals surface area contributed by atoms with Gasteiger partial charge in [0.15, 0.2) is 0 Å². The normalized spacial score (nSPS) is 14.9. The van der Waals surface area contributed by atoms with E-state index in [-0.39, 0.29) is 5.91 Å². The second-order valence-electron chi connectivity index (χ2n) is 7.98. The summed E-state index contributed by atoms with van der Waals surface area (Å²) < 4.78 is 10.7. The Bertz CT molecular complexity index is 805. The van der Waals surface area contributed by atoms with Crippen LogP contribution in [0.25, 0.3) is 0 Å². The van der Waals surface area contributed by atoms with Crippen molar-refractivity contribution < 1.29 is 14.3 Å². The minimum absolute atomic E-state index is 0.0811. The molecule has 1 aliphatic rings. The predicted molar refractivity (Wildman–Crippen MR) is 124 cm³/mol. The zero-order chi connectivity index (χ0) is 21.9. The Hall–Kier alpha value is -2.57. The molecule has 6 heteroatoms. The Balaban J connectivity index is 1.29. The van der Waals surface area contributed by atoms with Crippen molar-refractivity contribution in [2.75, 3.05) is 53.5 Å². The number of carbonyl (C=O) groups excluding carboxylic acids is 1. The zero-order valence-electron chi connectivity index (χ0n) is 18.8. The summed E-state index contributed by atoms with van der Waals surface area (Å²) in [6.45, 7) is 7.17. The molecule has 2 aromatic rings. The number of benzene rings is 2. The Morgan fingerprint density at radius 2 is 1.71 bits per heavy atom. The molecule has 1 fully saturated rings. The second kappa shape index (κ2) is 12.3. The standard InChI is InChI=1S/C25H35N3O3/c1-30-23-10-11-24(31-2)22(19-23)9-12-25(29)26-13-6-14-27-15-17-28(18-16-27)20-21-7-4-3-5-8-21/h3-5,7-8,10-11,19H,6,9,12-18,20H2,1-2H3,(H,26,29). The van der Waals surface area contributed by atoms with Crippen LogP contribution in [0.2, 0.25) is 0 Å². The first kappa shape index (κ1) is 23.1. The maximum absolute atomic E-state index is 12.2. The van der Waals surface area contributed by atoms with E-state index in [4.69, 9.17) is 9.47 Å². The third kappa shape index (κ3) is 7.56. The largest absolute Gasteiger partial charge is 0.497 e. The van der Waals surface area contributed by atoms with Crippen molar-refractivity contribution in [3.05, 3.63) is 59.7 Å². The van der Waals surface area contributed by atoms with E-state index in [1.165, 1.54) is 5.56 Å². The van der Waals surface area contributed by atoms with E-state index in [2.05, 4.69) is 45.4 Å². The SMILES string of the molecule is COc1ccc(OC)c(CCC(=O)NCCCN2CCN(Cc3ccccc3)CC2)c1. The lowest BCUT2D eigenvalue weighted by Gasteiger charge is -2.34. The minimum atomic E-state index is 0.0811. The molecule has 1 saturated heterocycles. The molecule has 0 radical (unpaired) electrons. The summed E-state index contributed by atoms with van der Waals surface area (Å²) in [7, 11) is 3.29. The maximum atomic E-state index is 12.2. The number of carbonyl (C=O) groups is 1. The minimum Gasteiger partial charge on any atom is -0.497 e. The van der Waals surface area contributed by atoms with Gasteiger partial charge in [-0.2, -0.15) is 0 Å². The fourth-order valence-electron chi connectivity index (χ4n) is 3.96. The predicted octanol–water partition coefficient (Wildman–Crippen LogP) is 2.96. The van der Waals surface area contributed by atoms with Gasteiger partial charge in [0.1, 0.15) is 11.5 Å². The summed E-state index contributed by atoms with van der Waals surface area (Å²) in [6, 6.07) is 16.3. The topological polar surface area (TPSA) is 54.0 Å². The van der Waals surface area contributed by atoms with Gasteiger partial charge in [-0.1, -0.05) is 30.3 Å². The van der Waals surface area contributed by atoms with Crippen LogP contribution in [0, 0.1) is 0 Å². The van der Waals surface area contributed by atoms with Crippen molar-refractivity contribution in [2.45, 2.75) is 25.8 Å². The smallest absolute Gasteiger partial charge is 0.220 e. The third-order valence-electron chi connectivity index (χ3n) is 5.80. The lowest BCUT2D eigenvalue weighted by atomic mass is 10.1. The summed E-state index contributed by atoms with van der Waals surface area (Å²) in [5, 5.41) is 3.05. The van der Waals surface area contributed by atoms with E-state index >= 15 is 0 Å². The van der Waals surface area contributed by atoms with E-state index in [9.17, 15) is 4.79 Å². The summed E-state index contributed by atoms with van der Waals surface area (Å²) in [6.07, 6.45) is 2.06. The lowest BCUT2D eigenvalue weighted by Crippen LogP contribution is -2.46. The van der Waals surface area contributed by atoms with Crippen molar-refractivity contribution in [3.8, 4) is 11.5 Å². The number of amides is 1. The van der Waals surface area contributed by atoms with Crippen molar-refractivity contribution in [1.29, 1.82) is 0 Å². The van der Waals surface area contributed by atoms with E-state index in [1.54, 1.807) is 14.2 Å². The van der Waals surface area contributed by atoms with Gasteiger partial charge in [0.05, 0.1) is 14.2 Å². The molecule has 3 rings (SSSR count).